The molecule has 10 heteroatoms. The fourth-order valence-electron chi connectivity index (χ4n) is 2.80. The first-order valence-corrected chi connectivity index (χ1v) is 10.4. The maximum absolute atomic E-state index is 13.1. The first-order chi connectivity index (χ1) is 13.3. The third-order valence-electron chi connectivity index (χ3n) is 4.09. The summed E-state index contributed by atoms with van der Waals surface area (Å²) in [6.45, 7) is 7.03. The number of aromatic nitrogens is 3. The lowest BCUT2D eigenvalue weighted by atomic mass is 10.1. The summed E-state index contributed by atoms with van der Waals surface area (Å²) in [4.78, 5) is 47.2. The maximum atomic E-state index is 13.1. The number of hydrogen-bond donors (Lipinski definition) is 1. The van der Waals surface area contributed by atoms with Gasteiger partial charge in [-0.3, -0.25) is 14.2 Å². The largest absolute Gasteiger partial charge is 0.459 e. The molecule has 0 aromatic carbocycles. The summed E-state index contributed by atoms with van der Waals surface area (Å²) in [7, 11) is 0. The van der Waals surface area contributed by atoms with E-state index < -0.39 is 12.0 Å². The molecule has 8 nitrogen and oxygen atoms in total. The van der Waals surface area contributed by atoms with Crippen LogP contribution in [0.3, 0.4) is 0 Å². The lowest BCUT2D eigenvalue weighted by Crippen LogP contribution is -2.33. The monoisotopic (exact) mass is 420 g/mol. The van der Waals surface area contributed by atoms with Crippen LogP contribution in [0.25, 0.3) is 10.2 Å². The third kappa shape index (κ3) is 3.83. The molecule has 1 unspecified atom stereocenters. The Morgan fingerprint density at radius 3 is 2.68 bits per heavy atom. The topological polar surface area (TPSA) is 103 Å². The van der Waals surface area contributed by atoms with Crippen molar-refractivity contribution in [3.63, 3.8) is 0 Å². The number of carbonyl (C=O) groups excluding carboxylic acids is 2. The molecule has 3 aromatic heterocycles. The SMILES string of the molecule is CCC(C(=O)Nc1nccs1)n1cnc2sc(C(=O)OC(C)C)c(C)c2c1=O. The smallest absolute Gasteiger partial charge is 0.348 e. The summed E-state index contributed by atoms with van der Waals surface area (Å²) in [6, 6.07) is -0.737. The zero-order chi connectivity index (χ0) is 20.4. The average molecular weight is 421 g/mol. The van der Waals surface area contributed by atoms with E-state index in [1.807, 2.05) is 6.92 Å². The van der Waals surface area contributed by atoms with Crippen molar-refractivity contribution in [1.82, 2.24) is 14.5 Å². The van der Waals surface area contributed by atoms with Crippen molar-refractivity contribution < 1.29 is 14.3 Å². The standard InChI is InChI=1S/C18H20N4O4S2/c1-5-11(14(23)21-18-19-6-7-27-18)22-8-20-15-12(16(22)24)10(4)13(28-15)17(25)26-9(2)3/h6-9,11H,5H2,1-4H3,(H,19,21,23). The summed E-state index contributed by atoms with van der Waals surface area (Å²) in [5.74, 6) is -0.817. The van der Waals surface area contributed by atoms with Gasteiger partial charge in [0, 0.05) is 11.6 Å². The van der Waals surface area contributed by atoms with E-state index in [1.165, 1.54) is 22.2 Å². The molecule has 0 saturated carbocycles. The molecule has 0 aliphatic carbocycles. The number of rotatable bonds is 6. The van der Waals surface area contributed by atoms with Crippen molar-refractivity contribution in [1.29, 1.82) is 0 Å². The van der Waals surface area contributed by atoms with Crippen LogP contribution in [-0.2, 0) is 9.53 Å². The van der Waals surface area contributed by atoms with Crippen molar-refractivity contribution >= 4 is 49.9 Å². The van der Waals surface area contributed by atoms with E-state index in [-0.39, 0.29) is 17.6 Å². The number of nitrogens with one attached hydrogen (secondary N) is 1. The van der Waals surface area contributed by atoms with Crippen molar-refractivity contribution in [2.24, 2.45) is 0 Å². The molecule has 0 aliphatic heterocycles. The number of thiazole rings is 1. The lowest BCUT2D eigenvalue weighted by molar-refractivity contribution is -0.119. The van der Waals surface area contributed by atoms with E-state index >= 15 is 0 Å². The molecule has 148 valence electrons. The molecule has 0 aliphatic rings. The first kappa shape index (κ1) is 20.2. The van der Waals surface area contributed by atoms with Gasteiger partial charge >= 0.3 is 5.97 Å². The van der Waals surface area contributed by atoms with Crippen LogP contribution in [0.1, 0.15) is 48.5 Å². The Balaban J connectivity index is 2.01. The third-order valence-corrected chi connectivity index (χ3v) is 5.96. The molecule has 0 saturated heterocycles. The van der Waals surface area contributed by atoms with Gasteiger partial charge in [-0.25, -0.2) is 14.8 Å². The quantitative estimate of drug-likeness (QED) is 0.613. The van der Waals surface area contributed by atoms with E-state index in [0.29, 0.717) is 32.2 Å². The average Bonchev–Trinajstić information content (AvgIpc) is 3.25. The number of anilines is 1. The highest BCUT2D eigenvalue weighted by Gasteiger charge is 2.25. The molecular weight excluding hydrogens is 400 g/mol. The van der Waals surface area contributed by atoms with Crippen LogP contribution in [0.15, 0.2) is 22.7 Å². The van der Waals surface area contributed by atoms with E-state index in [2.05, 4.69) is 15.3 Å². The number of carbonyl (C=O) groups is 2. The molecular formula is C18H20N4O4S2. The van der Waals surface area contributed by atoms with Gasteiger partial charge in [0.2, 0.25) is 5.91 Å². The normalized spacial score (nSPS) is 12.3. The number of nitrogens with zero attached hydrogens (tertiary/aromatic N) is 3. The Morgan fingerprint density at radius 1 is 1.32 bits per heavy atom. The Hall–Kier alpha value is -2.59. The van der Waals surface area contributed by atoms with Gasteiger partial charge in [-0.1, -0.05) is 6.92 Å². The van der Waals surface area contributed by atoms with E-state index in [1.54, 1.807) is 32.3 Å². The molecule has 3 rings (SSSR count). The minimum atomic E-state index is -0.737. The predicted octanol–water partition coefficient (Wildman–Crippen LogP) is 3.38. The van der Waals surface area contributed by atoms with Gasteiger partial charge < -0.3 is 10.1 Å². The number of esters is 1. The minimum Gasteiger partial charge on any atom is -0.459 e. The van der Waals surface area contributed by atoms with Crippen molar-refractivity contribution in [2.75, 3.05) is 5.32 Å². The Bertz CT molecular complexity index is 1070. The summed E-state index contributed by atoms with van der Waals surface area (Å²) in [6.07, 6.45) is 3.08. The highest BCUT2D eigenvalue weighted by molar-refractivity contribution is 7.20. The van der Waals surface area contributed by atoms with Crippen molar-refractivity contribution in [3.05, 3.63) is 38.7 Å². The number of hydrogen-bond acceptors (Lipinski definition) is 8. The molecule has 3 aromatic rings. The van der Waals surface area contributed by atoms with Crippen LogP contribution in [-0.4, -0.2) is 32.5 Å². The second-order valence-corrected chi connectivity index (χ2v) is 8.29. The fourth-order valence-corrected chi connectivity index (χ4v) is 4.36. The summed E-state index contributed by atoms with van der Waals surface area (Å²) in [5, 5.41) is 5.27. The molecule has 3 heterocycles. The van der Waals surface area contributed by atoms with Crippen LogP contribution in [0.5, 0.6) is 0 Å². The van der Waals surface area contributed by atoms with E-state index in [0.717, 1.165) is 11.3 Å². The molecule has 1 N–H and O–H groups in total. The van der Waals surface area contributed by atoms with Gasteiger partial charge in [0.05, 0.1) is 17.8 Å². The number of amides is 1. The van der Waals surface area contributed by atoms with E-state index in [4.69, 9.17) is 4.74 Å². The predicted molar refractivity (Wildman–Crippen MR) is 109 cm³/mol. The molecule has 1 amide bonds. The number of aryl methyl sites for hydroxylation is 1. The van der Waals surface area contributed by atoms with Gasteiger partial charge in [0.25, 0.3) is 5.56 Å². The molecule has 1 atom stereocenters. The number of ether oxygens (including phenoxy) is 1. The van der Waals surface area contributed by atoms with E-state index in [9.17, 15) is 14.4 Å². The highest BCUT2D eigenvalue weighted by atomic mass is 32.1. The molecule has 28 heavy (non-hydrogen) atoms. The lowest BCUT2D eigenvalue weighted by Gasteiger charge is -2.16. The van der Waals surface area contributed by atoms with Gasteiger partial charge in [0.15, 0.2) is 5.13 Å². The van der Waals surface area contributed by atoms with Gasteiger partial charge in [0.1, 0.15) is 15.7 Å². The zero-order valence-electron chi connectivity index (χ0n) is 15.9. The van der Waals surface area contributed by atoms with Crippen LogP contribution < -0.4 is 10.9 Å². The Morgan fingerprint density at radius 2 is 2.07 bits per heavy atom. The Labute approximate surface area is 169 Å². The number of thiophene rings is 1. The first-order valence-electron chi connectivity index (χ1n) is 8.75. The molecule has 0 radical (unpaired) electrons. The van der Waals surface area contributed by atoms with Gasteiger partial charge in [-0.2, -0.15) is 0 Å². The van der Waals surface area contributed by atoms with Crippen LogP contribution in [0, 0.1) is 6.92 Å². The molecule has 0 bridgehead atoms. The van der Waals surface area contributed by atoms with Crippen molar-refractivity contribution in [3.8, 4) is 0 Å². The zero-order valence-corrected chi connectivity index (χ0v) is 17.5. The maximum Gasteiger partial charge on any atom is 0.348 e. The van der Waals surface area contributed by atoms with Crippen molar-refractivity contribution in [2.45, 2.75) is 46.3 Å². The Kier molecular flexibility index (Phi) is 5.90. The summed E-state index contributed by atoms with van der Waals surface area (Å²) < 4.78 is 6.56. The van der Waals surface area contributed by atoms with Crippen LogP contribution in [0.4, 0.5) is 5.13 Å². The second kappa shape index (κ2) is 8.19. The minimum absolute atomic E-state index is 0.263. The summed E-state index contributed by atoms with van der Waals surface area (Å²) >= 11 is 2.42. The summed E-state index contributed by atoms with van der Waals surface area (Å²) in [5.41, 5.74) is 0.163. The second-order valence-electron chi connectivity index (χ2n) is 6.40. The fraction of sp³-hybridized carbons (Fsp3) is 0.389. The number of fused-ring (bicyclic) bond motifs is 1. The van der Waals surface area contributed by atoms with Crippen LogP contribution in [0.2, 0.25) is 0 Å². The molecule has 0 spiro atoms. The van der Waals surface area contributed by atoms with Gasteiger partial charge in [-0.05, 0) is 32.8 Å². The highest BCUT2D eigenvalue weighted by Crippen LogP contribution is 2.28. The van der Waals surface area contributed by atoms with Gasteiger partial charge in [-0.15, -0.1) is 22.7 Å². The molecule has 0 fully saturated rings. The van der Waals surface area contributed by atoms with Crippen LogP contribution >= 0.6 is 22.7 Å².